The molecule has 18 heavy (non-hydrogen) atoms. The van der Waals surface area contributed by atoms with Gasteiger partial charge in [0.05, 0.1) is 6.10 Å². The fourth-order valence-corrected chi connectivity index (χ4v) is 2.34. The lowest BCUT2D eigenvalue weighted by molar-refractivity contribution is -0.00415. The molecule has 0 aliphatic heterocycles. The van der Waals surface area contributed by atoms with Crippen LogP contribution in [-0.2, 0) is 6.42 Å². The van der Waals surface area contributed by atoms with Crippen molar-refractivity contribution >= 4 is 5.82 Å². The zero-order chi connectivity index (χ0) is 13.8. The number of aliphatic hydroxyl groups is 1. The van der Waals surface area contributed by atoms with Crippen LogP contribution in [0.5, 0.6) is 0 Å². The van der Waals surface area contributed by atoms with E-state index in [2.05, 4.69) is 37.6 Å². The number of likely N-dealkylation sites (N-methyl/N-ethyl adjacent to an activating group) is 1. The maximum Gasteiger partial charge on any atom is 0.123 e. The number of pyridine rings is 1. The molecule has 0 saturated carbocycles. The molecule has 4 nitrogen and oxygen atoms in total. The van der Waals surface area contributed by atoms with Gasteiger partial charge in [-0.25, -0.2) is 4.98 Å². The van der Waals surface area contributed by atoms with E-state index in [1.807, 2.05) is 12.1 Å². The molecule has 0 amide bonds. The molecule has 102 valence electrons. The molecule has 1 unspecified atom stereocenters. The van der Waals surface area contributed by atoms with Gasteiger partial charge in [0.25, 0.3) is 0 Å². The molecular formula is C14H25N3O. The zero-order valence-electron chi connectivity index (χ0n) is 11.8. The minimum absolute atomic E-state index is 0.248. The largest absolute Gasteiger partial charge is 0.391 e. The topological polar surface area (TPSA) is 62.4 Å². The summed E-state index contributed by atoms with van der Waals surface area (Å²) in [4.78, 5) is 6.23. The molecule has 0 aromatic carbocycles. The van der Waals surface area contributed by atoms with Crippen LogP contribution in [0.3, 0.4) is 0 Å². The van der Waals surface area contributed by atoms with Crippen molar-refractivity contribution in [3.63, 3.8) is 0 Å². The smallest absolute Gasteiger partial charge is 0.123 e. The van der Waals surface area contributed by atoms with Crippen LogP contribution >= 0.6 is 0 Å². The quantitative estimate of drug-likeness (QED) is 0.807. The van der Waals surface area contributed by atoms with Crippen molar-refractivity contribution in [3.05, 3.63) is 23.9 Å². The van der Waals surface area contributed by atoms with Crippen LogP contribution in [0.15, 0.2) is 18.3 Å². The Hall–Kier alpha value is -1.13. The van der Waals surface area contributed by atoms with E-state index in [4.69, 9.17) is 5.73 Å². The molecule has 3 N–H and O–H groups in total. The number of aliphatic hydroxyl groups excluding tert-OH is 1. The van der Waals surface area contributed by atoms with Gasteiger partial charge in [-0.2, -0.15) is 0 Å². The molecule has 1 atom stereocenters. The molecule has 0 bridgehead atoms. The third kappa shape index (κ3) is 3.43. The highest BCUT2D eigenvalue weighted by atomic mass is 16.3. The summed E-state index contributed by atoms with van der Waals surface area (Å²) in [6.45, 7) is 10.2. The predicted octanol–water partition coefficient (Wildman–Crippen LogP) is 1.69. The minimum atomic E-state index is -0.431. The lowest BCUT2D eigenvalue weighted by Gasteiger charge is -2.41. The Morgan fingerprint density at radius 1 is 1.39 bits per heavy atom. The van der Waals surface area contributed by atoms with Gasteiger partial charge in [-0.05, 0) is 44.6 Å². The van der Waals surface area contributed by atoms with Gasteiger partial charge < -0.3 is 10.8 Å². The third-order valence-electron chi connectivity index (χ3n) is 3.67. The number of hydrogen-bond donors (Lipinski definition) is 2. The summed E-state index contributed by atoms with van der Waals surface area (Å²) in [6.07, 6.45) is 1.84. The third-order valence-corrected chi connectivity index (χ3v) is 3.67. The number of anilines is 1. The van der Waals surface area contributed by atoms with Crippen molar-refractivity contribution in [2.75, 3.05) is 18.8 Å². The van der Waals surface area contributed by atoms with Gasteiger partial charge in [0.2, 0.25) is 0 Å². The molecule has 1 rings (SSSR count). The molecule has 0 saturated heterocycles. The molecule has 1 aromatic rings. The van der Waals surface area contributed by atoms with E-state index in [-0.39, 0.29) is 5.54 Å². The van der Waals surface area contributed by atoms with Crippen molar-refractivity contribution in [1.29, 1.82) is 0 Å². The fraction of sp³-hybridized carbons (Fsp3) is 0.643. The summed E-state index contributed by atoms with van der Waals surface area (Å²) < 4.78 is 0. The van der Waals surface area contributed by atoms with Gasteiger partial charge in [-0.3, -0.25) is 4.90 Å². The van der Waals surface area contributed by atoms with E-state index in [0.717, 1.165) is 18.7 Å². The van der Waals surface area contributed by atoms with Crippen LogP contribution in [0.2, 0.25) is 0 Å². The summed E-state index contributed by atoms with van der Waals surface area (Å²) >= 11 is 0. The van der Waals surface area contributed by atoms with E-state index in [9.17, 15) is 5.11 Å². The number of nitrogens with two attached hydrogens (primary N) is 1. The molecular weight excluding hydrogens is 226 g/mol. The Labute approximate surface area is 110 Å². The van der Waals surface area contributed by atoms with Gasteiger partial charge in [-0.15, -0.1) is 0 Å². The number of nitrogens with zero attached hydrogens (tertiary/aromatic N) is 2. The average Bonchev–Trinajstić information content (AvgIpc) is 2.30. The lowest BCUT2D eigenvalue weighted by atomic mass is 9.90. The SMILES string of the molecule is CCN(CC)C(C)(C)C(O)Cc1ccnc(N)c1. The van der Waals surface area contributed by atoms with Crippen molar-refractivity contribution < 1.29 is 5.11 Å². The highest BCUT2D eigenvalue weighted by Crippen LogP contribution is 2.22. The maximum absolute atomic E-state index is 10.5. The summed E-state index contributed by atoms with van der Waals surface area (Å²) in [6, 6.07) is 3.72. The number of hydrogen-bond acceptors (Lipinski definition) is 4. The van der Waals surface area contributed by atoms with Gasteiger partial charge in [0.15, 0.2) is 0 Å². The molecule has 0 spiro atoms. The Bertz CT molecular complexity index is 375. The number of rotatable bonds is 6. The van der Waals surface area contributed by atoms with Crippen LogP contribution in [0.1, 0.15) is 33.3 Å². The highest BCUT2D eigenvalue weighted by Gasteiger charge is 2.32. The van der Waals surface area contributed by atoms with Gasteiger partial charge in [0, 0.05) is 18.2 Å². The molecule has 0 aliphatic carbocycles. The summed E-state index contributed by atoms with van der Waals surface area (Å²) in [5.74, 6) is 0.500. The second kappa shape index (κ2) is 6.16. The van der Waals surface area contributed by atoms with E-state index in [1.54, 1.807) is 6.20 Å². The van der Waals surface area contributed by atoms with Crippen molar-refractivity contribution in [2.45, 2.75) is 45.8 Å². The second-order valence-corrected chi connectivity index (χ2v) is 5.13. The molecule has 0 fully saturated rings. The van der Waals surface area contributed by atoms with Crippen LogP contribution in [0, 0.1) is 0 Å². The average molecular weight is 251 g/mol. The first-order chi connectivity index (χ1) is 8.41. The molecule has 1 aromatic heterocycles. The summed E-state index contributed by atoms with van der Waals surface area (Å²) in [5, 5.41) is 10.5. The Morgan fingerprint density at radius 2 is 2.00 bits per heavy atom. The summed E-state index contributed by atoms with van der Waals surface area (Å²) in [7, 11) is 0. The van der Waals surface area contributed by atoms with E-state index < -0.39 is 6.10 Å². The maximum atomic E-state index is 10.5. The van der Waals surface area contributed by atoms with Crippen LogP contribution in [0.4, 0.5) is 5.82 Å². The van der Waals surface area contributed by atoms with E-state index >= 15 is 0 Å². The molecule has 4 heteroatoms. The van der Waals surface area contributed by atoms with Gasteiger partial charge in [0.1, 0.15) is 5.82 Å². The standard InChI is InChI=1S/C14H25N3O/c1-5-17(6-2)14(3,4)12(18)9-11-7-8-16-13(15)10-11/h7-8,10,12,18H,5-6,9H2,1-4H3,(H2,15,16). The first-order valence-corrected chi connectivity index (χ1v) is 6.55. The first-order valence-electron chi connectivity index (χ1n) is 6.55. The molecule has 1 heterocycles. The predicted molar refractivity (Wildman–Crippen MR) is 75.4 cm³/mol. The first kappa shape index (κ1) is 14.9. The normalized spacial score (nSPS) is 13.9. The van der Waals surface area contributed by atoms with Crippen molar-refractivity contribution in [1.82, 2.24) is 9.88 Å². The highest BCUT2D eigenvalue weighted by molar-refractivity contribution is 5.32. The van der Waals surface area contributed by atoms with Crippen molar-refractivity contribution in [2.24, 2.45) is 0 Å². The van der Waals surface area contributed by atoms with Crippen LogP contribution < -0.4 is 5.73 Å². The van der Waals surface area contributed by atoms with Crippen LogP contribution in [0.25, 0.3) is 0 Å². The van der Waals surface area contributed by atoms with E-state index in [1.165, 1.54) is 0 Å². The minimum Gasteiger partial charge on any atom is -0.391 e. The Balaban J connectivity index is 2.78. The monoisotopic (exact) mass is 251 g/mol. The summed E-state index contributed by atoms with van der Waals surface area (Å²) in [5.41, 5.74) is 6.43. The second-order valence-electron chi connectivity index (χ2n) is 5.13. The Kier molecular flexibility index (Phi) is 5.11. The van der Waals surface area contributed by atoms with Crippen molar-refractivity contribution in [3.8, 4) is 0 Å². The molecule has 0 aliphatic rings. The lowest BCUT2D eigenvalue weighted by Crippen LogP contribution is -2.53. The Morgan fingerprint density at radius 3 is 2.50 bits per heavy atom. The molecule has 0 radical (unpaired) electrons. The van der Waals surface area contributed by atoms with Gasteiger partial charge >= 0.3 is 0 Å². The number of aromatic nitrogens is 1. The number of nitrogen functional groups attached to an aromatic ring is 1. The van der Waals surface area contributed by atoms with Crippen LogP contribution in [-0.4, -0.2) is 39.7 Å². The van der Waals surface area contributed by atoms with Gasteiger partial charge in [-0.1, -0.05) is 13.8 Å². The fourth-order valence-electron chi connectivity index (χ4n) is 2.34. The zero-order valence-corrected chi connectivity index (χ0v) is 11.8. The van der Waals surface area contributed by atoms with E-state index in [0.29, 0.717) is 12.2 Å².